The van der Waals surface area contributed by atoms with Gasteiger partial charge < -0.3 is 39.6 Å². The Kier molecular flexibility index (Phi) is 16.6. The van der Waals surface area contributed by atoms with E-state index in [2.05, 4.69) is 109 Å². The summed E-state index contributed by atoms with van der Waals surface area (Å²) in [5, 5.41) is 52.2. The molecule has 0 saturated heterocycles. The fraction of sp³-hybridized carbons (Fsp3) is 0.327. The molecule has 4 aromatic carbocycles. The van der Waals surface area contributed by atoms with Crippen LogP contribution in [0.5, 0.6) is 28.7 Å². The quantitative estimate of drug-likeness (QED) is 0.0822. The van der Waals surface area contributed by atoms with Gasteiger partial charge in [0, 0.05) is 66.5 Å². The number of hydrogen-bond donors (Lipinski definition) is 6. The van der Waals surface area contributed by atoms with Gasteiger partial charge in [0.1, 0.15) is 28.7 Å². The number of H-pyrrole nitrogens is 1. The molecule has 3 heterocycles. The van der Waals surface area contributed by atoms with E-state index < -0.39 is 0 Å². The third-order valence-electron chi connectivity index (χ3n) is 10.8. The maximum atomic E-state index is 10.7. The molecular weight excluding hydrogens is 817 g/mol. The van der Waals surface area contributed by atoms with Crippen LogP contribution in [0.2, 0.25) is 0 Å². The summed E-state index contributed by atoms with van der Waals surface area (Å²) >= 11 is 10.2. The van der Waals surface area contributed by atoms with Crippen molar-refractivity contribution in [2.45, 2.75) is 87.1 Å². The van der Waals surface area contributed by atoms with Gasteiger partial charge in [0.2, 0.25) is 0 Å². The average molecular weight is 879 g/mol. The van der Waals surface area contributed by atoms with Gasteiger partial charge in [-0.25, -0.2) is 0 Å². The predicted octanol–water partition coefficient (Wildman–Crippen LogP) is 12.1. The molecule has 0 aliphatic carbocycles. The number of aromatic amines is 1. The Labute approximate surface area is 376 Å². The van der Waals surface area contributed by atoms with Gasteiger partial charge in [0.05, 0.1) is 28.9 Å². The van der Waals surface area contributed by atoms with Gasteiger partial charge >= 0.3 is 0 Å². The molecule has 0 bridgehead atoms. The second-order valence-electron chi connectivity index (χ2n) is 15.7. The van der Waals surface area contributed by atoms with Crippen molar-refractivity contribution in [3.8, 4) is 45.8 Å². The molecule has 0 spiro atoms. The van der Waals surface area contributed by atoms with Gasteiger partial charge in [-0.05, 0) is 130 Å². The Morgan fingerprint density at radius 3 is 2.15 bits per heavy atom. The Morgan fingerprint density at radius 2 is 1.56 bits per heavy atom. The summed E-state index contributed by atoms with van der Waals surface area (Å²) in [5.41, 5.74) is 9.36. The zero-order chi connectivity index (χ0) is 46.2. The molecule has 0 radical (unpaired) electrons. The number of thiocarbonyl (C=S) groups is 1. The van der Waals surface area contributed by atoms with E-state index in [0.29, 0.717) is 27.8 Å². The molecule has 7 aromatic rings. The van der Waals surface area contributed by atoms with Crippen LogP contribution in [0.25, 0.3) is 44.5 Å². The highest BCUT2D eigenvalue weighted by molar-refractivity contribution is 7.80. The van der Waals surface area contributed by atoms with E-state index in [1.807, 2.05) is 64.4 Å². The zero-order valence-electron chi connectivity index (χ0n) is 38.0. The maximum Gasteiger partial charge on any atom is 0.200 e. The first-order valence-electron chi connectivity index (χ1n) is 20.6. The Hall–Kier alpha value is -6.05. The number of aromatic hydroxyl groups is 4. The number of nitrogens with zero attached hydrogens (tertiary/aromatic N) is 4. The lowest BCUT2D eigenvalue weighted by Gasteiger charge is -2.17. The monoisotopic (exact) mass is 878 g/mol. The number of aryl methyl sites for hydroxylation is 4. The number of allylic oxidation sites excluding steroid dienone is 1. The summed E-state index contributed by atoms with van der Waals surface area (Å²) in [7, 11) is 5.56. The van der Waals surface area contributed by atoms with Crippen LogP contribution in [0.15, 0.2) is 79.6 Å². The lowest BCUT2D eigenvalue weighted by atomic mass is 9.98. The van der Waals surface area contributed by atoms with Crippen molar-refractivity contribution >= 4 is 56.8 Å². The van der Waals surface area contributed by atoms with Crippen molar-refractivity contribution in [1.29, 1.82) is 0 Å². The summed E-state index contributed by atoms with van der Waals surface area (Å²) in [4.78, 5) is 0.838. The first-order chi connectivity index (χ1) is 29.3. The van der Waals surface area contributed by atoms with Crippen LogP contribution in [0.1, 0.15) is 94.7 Å². The molecule has 7 rings (SSSR count). The van der Waals surface area contributed by atoms with Gasteiger partial charge in [-0.2, -0.15) is 5.10 Å². The number of phenolic OH excluding ortho intramolecular Hbond substituents is 4. The summed E-state index contributed by atoms with van der Waals surface area (Å²) in [5.74, 6) is 1.54. The molecule has 13 heteroatoms. The molecule has 6 N–H and O–H groups in total. The van der Waals surface area contributed by atoms with Crippen molar-refractivity contribution < 1.29 is 25.2 Å². The number of benzene rings is 4. The minimum Gasteiger partial charge on any atom is -0.508 e. The molecule has 0 fully saturated rings. The van der Waals surface area contributed by atoms with E-state index in [4.69, 9.17) is 17.0 Å². The topological polar surface area (TPSA) is 146 Å². The molecule has 11 nitrogen and oxygen atoms in total. The number of nitrogens with one attached hydrogen (secondary N) is 2. The normalized spacial score (nSPS) is 11.2. The highest BCUT2D eigenvalue weighted by Gasteiger charge is 2.22. The third kappa shape index (κ3) is 10.9. The molecule has 0 aliphatic heterocycles. The minimum atomic E-state index is -0.0657. The Bertz CT molecular complexity index is 2760. The second kappa shape index (κ2) is 21.2. The molecule has 0 saturated carbocycles. The van der Waals surface area contributed by atoms with E-state index >= 15 is 0 Å². The fourth-order valence-electron chi connectivity index (χ4n) is 7.05. The first kappa shape index (κ1) is 48.6. The molecule has 0 amide bonds. The number of rotatable bonds is 8. The molecule has 3 aromatic heterocycles. The van der Waals surface area contributed by atoms with Gasteiger partial charge in [-0.15, -0.1) is 0 Å². The molecule has 62 heavy (non-hydrogen) atoms. The molecule has 0 aliphatic rings. The van der Waals surface area contributed by atoms with Gasteiger partial charge in [-0.3, -0.25) is 9.67 Å². The minimum absolute atomic E-state index is 0.0550. The zero-order valence-corrected chi connectivity index (χ0v) is 39.6. The highest BCUT2D eigenvalue weighted by atomic mass is 32.1. The smallest absolute Gasteiger partial charge is 0.200 e. The maximum absolute atomic E-state index is 10.7. The molecule has 1 unspecified atom stereocenters. The van der Waals surface area contributed by atoms with Crippen LogP contribution in [-0.2, 0) is 13.5 Å². The van der Waals surface area contributed by atoms with Crippen LogP contribution >= 0.6 is 24.4 Å². The number of hydrogen-bond acceptors (Lipinski definition) is 8. The summed E-state index contributed by atoms with van der Waals surface area (Å²) in [6, 6.07) is 19.0. The summed E-state index contributed by atoms with van der Waals surface area (Å²) in [6.07, 6.45) is 5.95. The SMILES string of the molecule is C=C(C)c1cc(CC)c(O)cc1O.CCC(C)n1ccc2c(-n3c(-c4cc(C(C)C)c(O)cc4O)n[nH]c3=S)ccc(OC)c21.CNC(C)=S.Cc1ccc2c(c1)c(C)cn2C. The number of aromatic nitrogens is 5. The number of phenols is 4. The number of ether oxygens (including phenoxy) is 1. The first-order valence-corrected chi connectivity index (χ1v) is 21.4. The van der Waals surface area contributed by atoms with Gasteiger partial charge in [-0.1, -0.05) is 58.1 Å². The van der Waals surface area contributed by atoms with Crippen molar-refractivity contribution in [1.82, 2.24) is 29.2 Å². The highest BCUT2D eigenvalue weighted by Crippen LogP contribution is 2.40. The molecular formula is C49H62N6O5S2. The Balaban J connectivity index is 0.000000229. The van der Waals surface area contributed by atoms with Crippen LogP contribution in [0.3, 0.4) is 0 Å². The van der Waals surface area contributed by atoms with Crippen LogP contribution < -0.4 is 10.1 Å². The van der Waals surface area contributed by atoms with Crippen molar-refractivity contribution in [3.05, 3.63) is 112 Å². The molecule has 330 valence electrons. The van der Waals surface area contributed by atoms with Crippen molar-refractivity contribution in [3.63, 3.8) is 0 Å². The predicted molar refractivity (Wildman–Crippen MR) is 262 cm³/mol. The average Bonchev–Trinajstić information content (AvgIpc) is 3.92. The summed E-state index contributed by atoms with van der Waals surface area (Å²) < 4.78 is 12.3. The van der Waals surface area contributed by atoms with Gasteiger partial charge in [0.15, 0.2) is 10.6 Å². The largest absolute Gasteiger partial charge is 0.508 e. The van der Waals surface area contributed by atoms with Crippen LogP contribution in [-0.4, -0.2) is 63.5 Å². The Morgan fingerprint density at radius 1 is 0.903 bits per heavy atom. The number of methoxy groups -OCH3 is 1. The van der Waals surface area contributed by atoms with E-state index in [1.165, 1.54) is 34.2 Å². The lowest BCUT2D eigenvalue weighted by Crippen LogP contribution is -2.09. The standard InChI is InChI=1S/C24H28N4O3S.C11H13N.C11H14O2.C3H7NS/c1-6-14(4)27-10-9-15-18(7-8-21(31-5)22(15)27)28-23(25-26-24(28)32)17-11-16(13(2)3)19(29)12-20(17)30;1-8-4-5-11-10(6-8)9(2)7-12(11)3;1-4-8-5-9(7(2)3)11(13)6-10(8)12;1-3(5)4-2/h7-14,29-30H,6H2,1-5H3,(H,26,32);4-7H,1-3H3;5-6,12-13H,2,4H2,1,3H3;1-2H3,(H,4,5). The van der Waals surface area contributed by atoms with E-state index in [0.717, 1.165) is 56.9 Å². The third-order valence-corrected chi connectivity index (χ3v) is 11.2. The van der Waals surface area contributed by atoms with E-state index in [1.54, 1.807) is 19.2 Å². The number of fused-ring (bicyclic) bond motifs is 2. The van der Waals surface area contributed by atoms with Crippen LogP contribution in [0.4, 0.5) is 0 Å². The van der Waals surface area contributed by atoms with Crippen LogP contribution in [0, 0.1) is 18.6 Å². The van der Waals surface area contributed by atoms with E-state index in [-0.39, 0.29) is 28.9 Å². The van der Waals surface area contributed by atoms with Gasteiger partial charge in [0.25, 0.3) is 0 Å². The van der Waals surface area contributed by atoms with Crippen molar-refractivity contribution in [2.75, 3.05) is 14.2 Å². The molecule has 1 atom stereocenters. The second-order valence-corrected chi connectivity index (χ2v) is 16.7. The van der Waals surface area contributed by atoms with Crippen molar-refractivity contribution in [2.24, 2.45) is 7.05 Å². The lowest BCUT2D eigenvalue weighted by molar-refractivity contribution is 0.415. The fourth-order valence-corrected chi connectivity index (χ4v) is 7.28. The summed E-state index contributed by atoms with van der Waals surface area (Å²) in [6.45, 7) is 21.9. The van der Waals surface area contributed by atoms with E-state index in [9.17, 15) is 20.4 Å².